The van der Waals surface area contributed by atoms with E-state index < -0.39 is 27.6 Å². The minimum Gasteiger partial charge on any atom is -0.351 e. The van der Waals surface area contributed by atoms with Crippen molar-refractivity contribution in [3.63, 3.8) is 0 Å². The first-order chi connectivity index (χ1) is 18.0. The number of carbonyl (C=O) groups is 2. The molecule has 0 aliphatic heterocycles. The lowest BCUT2D eigenvalue weighted by Gasteiger charge is -2.23. The summed E-state index contributed by atoms with van der Waals surface area (Å²) in [6.07, 6.45) is 3.80. The van der Waals surface area contributed by atoms with Gasteiger partial charge in [0.05, 0.1) is 10.6 Å². The summed E-state index contributed by atoms with van der Waals surface area (Å²) in [5.41, 5.74) is 7.38. The Bertz CT molecular complexity index is 1450. The van der Waals surface area contributed by atoms with Crippen LogP contribution in [-0.4, -0.2) is 44.6 Å². The molecule has 1 aliphatic rings. The van der Waals surface area contributed by atoms with Gasteiger partial charge in [-0.15, -0.1) is 0 Å². The van der Waals surface area contributed by atoms with Gasteiger partial charge in [-0.25, -0.2) is 17.6 Å². The number of rotatable bonds is 8. The molecule has 0 bridgehead atoms. The molecule has 1 aliphatic carbocycles. The first-order valence-electron chi connectivity index (χ1n) is 12.2. The normalized spacial score (nSPS) is 17.2. The van der Waals surface area contributed by atoms with Gasteiger partial charge in [0.2, 0.25) is 5.91 Å². The predicted octanol–water partition coefficient (Wildman–Crippen LogP) is 5.45. The maximum Gasteiger partial charge on any atom is 0.315 e. The van der Waals surface area contributed by atoms with Gasteiger partial charge in [0, 0.05) is 23.4 Å². The lowest BCUT2D eigenvalue weighted by molar-refractivity contribution is -0.116. The number of benzene rings is 3. The molecule has 4 rings (SSSR count). The molecule has 10 heteroatoms. The Morgan fingerprint density at radius 1 is 1.08 bits per heavy atom. The number of amides is 3. The highest BCUT2D eigenvalue weighted by Gasteiger charge is 2.29. The van der Waals surface area contributed by atoms with Gasteiger partial charge in [0.1, 0.15) is 12.4 Å². The molecule has 0 heterocycles. The van der Waals surface area contributed by atoms with E-state index in [4.69, 9.17) is 17.3 Å². The van der Waals surface area contributed by atoms with Crippen LogP contribution in [0, 0.1) is 11.7 Å². The monoisotopic (exact) mass is 557 g/mol. The summed E-state index contributed by atoms with van der Waals surface area (Å²) in [5, 5.41) is 3.17. The predicted molar refractivity (Wildman–Crippen MR) is 146 cm³/mol. The molecular weight excluding hydrogens is 529 g/mol. The van der Waals surface area contributed by atoms with E-state index in [0.717, 1.165) is 25.5 Å². The van der Waals surface area contributed by atoms with Crippen LogP contribution >= 0.6 is 11.6 Å². The molecule has 0 radical (unpaired) electrons. The van der Waals surface area contributed by atoms with E-state index in [9.17, 15) is 22.4 Å². The van der Waals surface area contributed by atoms with Crippen molar-refractivity contribution in [3.05, 3.63) is 83.1 Å². The molecule has 3 aromatic rings. The maximum absolute atomic E-state index is 14.9. The van der Waals surface area contributed by atoms with Crippen molar-refractivity contribution in [3.8, 4) is 11.1 Å². The van der Waals surface area contributed by atoms with Crippen molar-refractivity contribution in [2.24, 2.45) is 11.7 Å². The Labute approximate surface area is 226 Å². The summed E-state index contributed by atoms with van der Waals surface area (Å²) in [5.74, 6) is -0.784. The quantitative estimate of drug-likeness (QED) is 0.383. The van der Waals surface area contributed by atoms with E-state index in [-0.39, 0.29) is 23.0 Å². The second-order valence-electron chi connectivity index (χ2n) is 9.66. The van der Waals surface area contributed by atoms with E-state index >= 15 is 0 Å². The highest BCUT2D eigenvalue weighted by atomic mass is 35.5. The molecule has 0 aromatic heterocycles. The lowest BCUT2D eigenvalue weighted by atomic mass is 9.96. The number of sulfone groups is 1. The lowest BCUT2D eigenvalue weighted by Crippen LogP contribution is -2.43. The summed E-state index contributed by atoms with van der Waals surface area (Å²) < 4.78 is 39.1. The third kappa shape index (κ3) is 6.71. The molecule has 0 saturated heterocycles. The van der Waals surface area contributed by atoms with E-state index in [0.29, 0.717) is 28.6 Å². The zero-order valence-corrected chi connectivity index (χ0v) is 22.4. The second kappa shape index (κ2) is 11.5. The summed E-state index contributed by atoms with van der Waals surface area (Å²) in [6.45, 7) is 0.0199. The molecule has 7 nitrogen and oxygen atoms in total. The Hall–Kier alpha value is -3.43. The molecule has 2 unspecified atom stereocenters. The van der Waals surface area contributed by atoms with Crippen molar-refractivity contribution < 1.29 is 22.4 Å². The number of nitrogens with one attached hydrogen (secondary N) is 1. The fourth-order valence-electron chi connectivity index (χ4n) is 5.00. The first-order valence-corrected chi connectivity index (χ1v) is 14.5. The van der Waals surface area contributed by atoms with E-state index in [2.05, 4.69) is 5.32 Å². The number of carbonyl (C=O) groups excluding carboxylic acids is 2. The Kier molecular flexibility index (Phi) is 8.38. The average Bonchev–Trinajstić information content (AvgIpc) is 3.33. The van der Waals surface area contributed by atoms with Gasteiger partial charge in [-0.3, -0.25) is 4.79 Å². The molecule has 2 atom stereocenters. The summed E-state index contributed by atoms with van der Waals surface area (Å²) in [6, 6.07) is 17.4. The van der Waals surface area contributed by atoms with Crippen LogP contribution in [0.3, 0.4) is 0 Å². The topological polar surface area (TPSA) is 110 Å². The third-order valence-electron chi connectivity index (χ3n) is 6.85. The highest BCUT2D eigenvalue weighted by molar-refractivity contribution is 7.90. The molecule has 200 valence electrons. The summed E-state index contributed by atoms with van der Waals surface area (Å²) in [7, 11) is -3.52. The van der Waals surface area contributed by atoms with Gasteiger partial charge in [0.15, 0.2) is 9.84 Å². The average molecular weight is 558 g/mol. The molecule has 0 spiro atoms. The number of hydrogen-bond acceptors (Lipinski definition) is 4. The van der Waals surface area contributed by atoms with Gasteiger partial charge < -0.3 is 16.0 Å². The number of nitrogens with two attached hydrogens (primary N) is 1. The smallest absolute Gasteiger partial charge is 0.315 e. The minimum atomic E-state index is -3.52. The SMILES string of the molecule is CS(=O)(=O)c1ccccc1-c1ccc(NC(=O)CN(CC2CCC(c3ccc(Cl)cc3)C2)C(N)=O)c(F)c1. The van der Waals surface area contributed by atoms with Crippen molar-refractivity contribution in [2.45, 2.75) is 30.1 Å². The first kappa shape index (κ1) is 27.6. The summed E-state index contributed by atoms with van der Waals surface area (Å²) >= 11 is 5.98. The number of urea groups is 1. The van der Waals surface area contributed by atoms with Crippen LogP contribution in [0.15, 0.2) is 71.6 Å². The maximum atomic E-state index is 14.9. The number of nitrogens with zero attached hydrogens (tertiary/aromatic N) is 1. The molecule has 3 aromatic carbocycles. The largest absolute Gasteiger partial charge is 0.351 e. The van der Waals surface area contributed by atoms with Gasteiger partial charge in [0.25, 0.3) is 0 Å². The van der Waals surface area contributed by atoms with Crippen molar-refractivity contribution in [2.75, 3.05) is 24.7 Å². The third-order valence-corrected chi connectivity index (χ3v) is 8.25. The molecule has 3 N–H and O–H groups in total. The number of halogens is 2. The van der Waals surface area contributed by atoms with Gasteiger partial charge >= 0.3 is 6.03 Å². The van der Waals surface area contributed by atoms with Crippen molar-refractivity contribution >= 4 is 39.1 Å². The number of anilines is 1. The minimum absolute atomic E-state index is 0.0799. The molecule has 1 fully saturated rings. The zero-order chi connectivity index (χ0) is 27.4. The molecule has 38 heavy (non-hydrogen) atoms. The summed E-state index contributed by atoms with van der Waals surface area (Å²) in [4.78, 5) is 26.1. The Morgan fingerprint density at radius 3 is 2.45 bits per heavy atom. The van der Waals surface area contributed by atoms with Gasteiger partial charge in [-0.1, -0.05) is 48.0 Å². The van der Waals surface area contributed by atoms with Gasteiger partial charge in [-0.2, -0.15) is 0 Å². The zero-order valence-electron chi connectivity index (χ0n) is 20.9. The van der Waals surface area contributed by atoms with E-state index in [1.54, 1.807) is 18.2 Å². The van der Waals surface area contributed by atoms with Crippen LogP contribution in [0.25, 0.3) is 11.1 Å². The standard InChI is InChI=1S/C28H29ClFN3O4S/c1-38(36,37)26-5-3-2-4-23(26)21-10-13-25(24(30)15-21)32-27(34)17-33(28(31)35)16-18-6-7-20(14-18)19-8-11-22(29)12-9-19/h2-5,8-13,15,18,20H,6-7,14,16-17H2,1H3,(H2,31,35)(H,32,34). The van der Waals surface area contributed by atoms with E-state index in [1.807, 2.05) is 24.3 Å². The molecule has 1 saturated carbocycles. The van der Waals surface area contributed by atoms with Crippen LogP contribution in [-0.2, 0) is 14.6 Å². The fraction of sp³-hybridized carbons (Fsp3) is 0.286. The number of hydrogen-bond donors (Lipinski definition) is 2. The fourth-order valence-corrected chi connectivity index (χ4v) is 6.04. The van der Waals surface area contributed by atoms with Crippen LogP contribution in [0.2, 0.25) is 5.02 Å². The molecule has 3 amide bonds. The second-order valence-corrected chi connectivity index (χ2v) is 12.1. The van der Waals surface area contributed by atoms with E-state index in [1.165, 1.54) is 34.7 Å². The van der Waals surface area contributed by atoms with Crippen LogP contribution in [0.1, 0.15) is 30.7 Å². The molecular formula is C28H29ClFN3O4S. The van der Waals surface area contributed by atoms with Crippen molar-refractivity contribution in [1.82, 2.24) is 4.90 Å². The van der Waals surface area contributed by atoms with Crippen LogP contribution in [0.4, 0.5) is 14.9 Å². The highest BCUT2D eigenvalue weighted by Crippen LogP contribution is 2.39. The van der Waals surface area contributed by atoms with Crippen LogP contribution < -0.4 is 11.1 Å². The number of primary amides is 1. The Balaban J connectivity index is 1.39. The Morgan fingerprint density at radius 2 is 1.79 bits per heavy atom. The van der Waals surface area contributed by atoms with Crippen molar-refractivity contribution in [1.29, 1.82) is 0 Å². The van der Waals surface area contributed by atoms with Gasteiger partial charge in [-0.05, 0) is 72.6 Å². The van der Waals surface area contributed by atoms with Crippen LogP contribution in [0.5, 0.6) is 0 Å².